The molecule has 0 aromatic heterocycles. The zero-order valence-corrected chi connectivity index (χ0v) is 26.3. The van der Waals surface area contributed by atoms with E-state index in [9.17, 15) is 14.4 Å². The fraction of sp³-hybridized carbons (Fsp3) is 0.382. The quantitative estimate of drug-likeness (QED) is 0.311. The summed E-state index contributed by atoms with van der Waals surface area (Å²) in [7, 11) is 2.76. The van der Waals surface area contributed by atoms with Gasteiger partial charge in [0.25, 0.3) is 0 Å². The summed E-state index contributed by atoms with van der Waals surface area (Å²) in [4.78, 5) is 45.5. The van der Waals surface area contributed by atoms with Gasteiger partial charge < -0.3 is 19.7 Å². The van der Waals surface area contributed by atoms with Crippen LogP contribution in [-0.4, -0.2) is 56.0 Å². The van der Waals surface area contributed by atoms with Crippen LogP contribution < -0.4 is 15.0 Å². The van der Waals surface area contributed by atoms with Gasteiger partial charge in [0.1, 0.15) is 17.1 Å². The summed E-state index contributed by atoms with van der Waals surface area (Å²) < 4.78 is 26.7. The number of carbonyl (C=O) groups is 3. The molecule has 3 aromatic rings. The van der Waals surface area contributed by atoms with E-state index in [1.807, 2.05) is 6.07 Å². The number of methoxy groups -OCH3 is 2. The Labute approximate surface area is 270 Å². The Morgan fingerprint density at radius 1 is 1.07 bits per heavy atom. The number of carbonyl (C=O) groups excluding carboxylic acids is 3. The van der Waals surface area contributed by atoms with Gasteiger partial charge in [-0.05, 0) is 67.1 Å². The maximum Gasteiger partial charge on any atom is 0.337 e. The summed E-state index contributed by atoms with van der Waals surface area (Å²) in [5.41, 5.74) is 0.837. The monoisotopic (exact) mass is 651 g/mol. The number of nitrogens with one attached hydrogen (secondary N) is 1. The lowest BCUT2D eigenvalue weighted by Crippen LogP contribution is -2.55. The largest absolute Gasteiger partial charge is 0.495 e. The van der Waals surface area contributed by atoms with Gasteiger partial charge in [-0.2, -0.15) is 0 Å². The minimum absolute atomic E-state index is 0.0773. The second-order valence-corrected chi connectivity index (χ2v) is 13.1. The van der Waals surface area contributed by atoms with Crippen LogP contribution in [0.4, 0.5) is 15.8 Å². The molecule has 4 aliphatic rings. The van der Waals surface area contributed by atoms with E-state index in [0.717, 1.165) is 19.3 Å². The van der Waals surface area contributed by atoms with Crippen molar-refractivity contribution in [3.63, 3.8) is 0 Å². The molecule has 2 amide bonds. The molecular weight excluding hydrogens is 620 g/mol. The Balaban J connectivity index is 1.43. The van der Waals surface area contributed by atoms with Gasteiger partial charge in [-0.15, -0.1) is 0 Å². The molecule has 45 heavy (non-hydrogen) atoms. The van der Waals surface area contributed by atoms with Gasteiger partial charge in [-0.1, -0.05) is 47.8 Å². The van der Waals surface area contributed by atoms with E-state index in [1.165, 1.54) is 26.4 Å². The summed E-state index contributed by atoms with van der Waals surface area (Å²) in [6.07, 6.45) is 3.69. The molecule has 3 fully saturated rings. The van der Waals surface area contributed by atoms with E-state index in [-0.39, 0.29) is 34.0 Å². The van der Waals surface area contributed by atoms with Crippen molar-refractivity contribution in [1.82, 2.24) is 4.90 Å². The predicted molar refractivity (Wildman–Crippen MR) is 169 cm³/mol. The number of fused-ring (bicyclic) bond motifs is 3. The van der Waals surface area contributed by atoms with Crippen LogP contribution in [0.3, 0.4) is 0 Å². The number of amides is 2. The van der Waals surface area contributed by atoms with Crippen molar-refractivity contribution in [2.75, 3.05) is 37.5 Å². The maximum atomic E-state index is 16.2. The minimum Gasteiger partial charge on any atom is -0.495 e. The third-order valence-electron chi connectivity index (χ3n) is 10.2. The number of likely N-dealkylation sites (tertiary alicyclic amines) is 1. The highest BCUT2D eigenvalue weighted by Gasteiger charge is 2.70. The van der Waals surface area contributed by atoms with Crippen molar-refractivity contribution in [2.24, 2.45) is 11.8 Å². The minimum atomic E-state index is -1.37. The van der Waals surface area contributed by atoms with Gasteiger partial charge in [-0.25, -0.2) is 9.18 Å². The molecule has 1 N–H and O–H groups in total. The zero-order chi connectivity index (χ0) is 31.6. The molecule has 1 aliphatic carbocycles. The number of hydrogen-bond donors (Lipinski definition) is 1. The first-order valence-electron chi connectivity index (χ1n) is 15.1. The van der Waals surface area contributed by atoms with Gasteiger partial charge in [0, 0.05) is 41.3 Å². The number of hydrogen-bond acceptors (Lipinski definition) is 6. The second-order valence-electron chi connectivity index (χ2n) is 12.2. The van der Waals surface area contributed by atoms with Gasteiger partial charge >= 0.3 is 5.97 Å². The van der Waals surface area contributed by atoms with E-state index in [1.54, 1.807) is 41.3 Å². The molecule has 4 atom stereocenters. The van der Waals surface area contributed by atoms with Crippen molar-refractivity contribution in [2.45, 2.75) is 43.2 Å². The lowest BCUT2D eigenvalue weighted by Gasteiger charge is -2.43. The van der Waals surface area contributed by atoms with Crippen LogP contribution in [0.15, 0.2) is 54.6 Å². The van der Waals surface area contributed by atoms with E-state index >= 15 is 4.39 Å². The van der Waals surface area contributed by atoms with E-state index < -0.39 is 29.2 Å². The molecular formula is C34H32Cl2FN3O5. The van der Waals surface area contributed by atoms with Gasteiger partial charge in [0.2, 0.25) is 11.8 Å². The van der Waals surface area contributed by atoms with Gasteiger partial charge in [0.15, 0.2) is 0 Å². The molecule has 8 nitrogen and oxygen atoms in total. The first-order chi connectivity index (χ1) is 21.7. The molecule has 1 spiro atoms. The number of anilines is 2. The van der Waals surface area contributed by atoms with Crippen LogP contribution in [0.1, 0.15) is 53.1 Å². The molecule has 3 aliphatic heterocycles. The van der Waals surface area contributed by atoms with Crippen LogP contribution >= 0.6 is 23.2 Å². The summed E-state index contributed by atoms with van der Waals surface area (Å²) in [5, 5.41) is 3.43. The fourth-order valence-corrected chi connectivity index (χ4v) is 8.35. The number of ether oxygens (including phenoxy) is 2. The standard InChI is InChI=1S/C34H32Cl2FN3O5/c1-44-27-15-19(32(42)45-2)9-12-25(27)39-14-13-26-28(31(39)41)29(21-7-4-8-23(36)30(21)37)34(40(26)17-18-5-3-6-18)22-11-10-20(35)16-24(22)38-33(34)43/h4,7-12,15-16,18,26,28-29H,3,5-6,13-14,17H2,1-2H3,(H,38,43)/t26-,28+,29-,34+/m0/s1. The number of esters is 1. The average Bonchev–Trinajstić information content (AvgIpc) is 3.46. The smallest absolute Gasteiger partial charge is 0.337 e. The van der Waals surface area contributed by atoms with Crippen LogP contribution in [0.5, 0.6) is 5.75 Å². The van der Waals surface area contributed by atoms with Crippen molar-refractivity contribution in [3.8, 4) is 5.75 Å². The predicted octanol–water partition coefficient (Wildman–Crippen LogP) is 6.40. The summed E-state index contributed by atoms with van der Waals surface area (Å²) in [6, 6.07) is 14.5. The van der Waals surface area contributed by atoms with Crippen LogP contribution in [0.2, 0.25) is 10.0 Å². The number of halogens is 3. The maximum absolute atomic E-state index is 16.2. The lowest BCUT2D eigenvalue weighted by molar-refractivity contribution is -0.128. The Hall–Kier alpha value is -3.66. The van der Waals surface area contributed by atoms with Crippen molar-refractivity contribution < 1.29 is 28.2 Å². The van der Waals surface area contributed by atoms with Crippen LogP contribution in [0, 0.1) is 17.7 Å². The topological polar surface area (TPSA) is 88.2 Å². The Kier molecular flexibility index (Phi) is 7.54. The first-order valence-corrected chi connectivity index (χ1v) is 15.9. The SMILES string of the molecule is COC(=O)c1ccc(N2CC[C@H]3[C@@H](C2=O)[C@H](c2cccc(Cl)c2F)[C@]2(C(=O)Nc4cc(Cl)ccc42)N3CC2CCC2)c(OC)c1. The Morgan fingerprint density at radius 2 is 1.87 bits per heavy atom. The highest BCUT2D eigenvalue weighted by atomic mass is 35.5. The number of nitrogens with zero attached hydrogens (tertiary/aromatic N) is 2. The zero-order valence-electron chi connectivity index (χ0n) is 24.8. The normalized spacial score (nSPS) is 26.0. The number of benzene rings is 3. The molecule has 2 saturated heterocycles. The van der Waals surface area contributed by atoms with Crippen LogP contribution in [0.25, 0.3) is 0 Å². The van der Waals surface area contributed by atoms with Crippen molar-refractivity contribution >= 4 is 52.4 Å². The molecule has 0 bridgehead atoms. The first kappa shape index (κ1) is 30.0. The lowest BCUT2D eigenvalue weighted by atomic mass is 9.69. The highest BCUT2D eigenvalue weighted by molar-refractivity contribution is 6.31. The third kappa shape index (κ3) is 4.46. The van der Waals surface area contributed by atoms with E-state index in [2.05, 4.69) is 10.2 Å². The molecule has 1 saturated carbocycles. The van der Waals surface area contributed by atoms with Crippen molar-refractivity contribution in [3.05, 3.63) is 87.2 Å². The van der Waals surface area contributed by atoms with Gasteiger partial charge in [-0.3, -0.25) is 14.5 Å². The van der Waals surface area contributed by atoms with Crippen LogP contribution in [-0.2, 0) is 19.9 Å². The van der Waals surface area contributed by atoms with Crippen molar-refractivity contribution in [1.29, 1.82) is 0 Å². The molecule has 3 aromatic carbocycles. The molecule has 234 valence electrons. The molecule has 3 heterocycles. The van der Waals surface area contributed by atoms with E-state index in [0.29, 0.717) is 53.1 Å². The summed E-state index contributed by atoms with van der Waals surface area (Å²) in [5.74, 6) is -2.77. The number of piperidine rings is 1. The average molecular weight is 653 g/mol. The molecule has 11 heteroatoms. The fourth-order valence-electron chi connectivity index (χ4n) is 7.99. The highest BCUT2D eigenvalue weighted by Crippen LogP contribution is 2.62. The second kappa shape index (κ2) is 11.3. The number of rotatable bonds is 6. The molecule has 7 rings (SSSR count). The Bertz CT molecular complexity index is 1730. The summed E-state index contributed by atoms with van der Waals surface area (Å²) >= 11 is 12.7. The third-order valence-corrected chi connectivity index (χ3v) is 10.7. The molecule has 0 radical (unpaired) electrons. The van der Waals surface area contributed by atoms with E-state index in [4.69, 9.17) is 32.7 Å². The van der Waals surface area contributed by atoms with Gasteiger partial charge in [0.05, 0.1) is 36.4 Å². The molecule has 0 unspecified atom stereocenters. The summed E-state index contributed by atoms with van der Waals surface area (Å²) in [6.45, 7) is 0.935. The Morgan fingerprint density at radius 3 is 2.58 bits per heavy atom.